The first-order chi connectivity index (χ1) is 15.0. The largest absolute Gasteiger partial charge is 0.495 e. The molecule has 2 amide bonds. The summed E-state index contributed by atoms with van der Waals surface area (Å²) in [6.07, 6.45) is 3.91. The van der Waals surface area contributed by atoms with Crippen molar-refractivity contribution in [3.63, 3.8) is 0 Å². The Balaban J connectivity index is 1.68. The van der Waals surface area contributed by atoms with Gasteiger partial charge in [-0.3, -0.25) is 14.3 Å². The van der Waals surface area contributed by atoms with Crippen LogP contribution in [0.25, 0.3) is 0 Å². The van der Waals surface area contributed by atoms with Gasteiger partial charge in [-0.05, 0) is 30.2 Å². The lowest BCUT2D eigenvalue weighted by Crippen LogP contribution is -2.38. The minimum absolute atomic E-state index is 0.0690. The number of rotatable bonds is 9. The number of carbonyl (C=O) groups is 2. The molecule has 7 nitrogen and oxygen atoms in total. The summed E-state index contributed by atoms with van der Waals surface area (Å²) in [7, 11) is 1.54. The predicted molar refractivity (Wildman–Crippen MR) is 121 cm³/mol. The Morgan fingerprint density at radius 1 is 1.16 bits per heavy atom. The average molecular weight is 441 g/mol. The zero-order valence-corrected chi connectivity index (χ0v) is 18.3. The summed E-state index contributed by atoms with van der Waals surface area (Å²) in [6, 6.07) is 14.6. The molecule has 1 N–H and O–H groups in total. The molecule has 2 aromatic carbocycles. The number of nitrogens with one attached hydrogen (secondary N) is 1. The highest BCUT2D eigenvalue weighted by molar-refractivity contribution is 6.31. The van der Waals surface area contributed by atoms with Gasteiger partial charge in [-0.15, -0.1) is 0 Å². The fraction of sp³-hybridized carbons (Fsp3) is 0.261. The second-order valence-electron chi connectivity index (χ2n) is 6.99. The lowest BCUT2D eigenvalue weighted by Gasteiger charge is -2.21. The van der Waals surface area contributed by atoms with E-state index in [1.54, 1.807) is 29.1 Å². The topological polar surface area (TPSA) is 76.5 Å². The molecule has 0 aliphatic heterocycles. The number of aromatic nitrogens is 2. The molecule has 1 heterocycles. The maximum Gasteiger partial charge on any atom is 0.257 e. The van der Waals surface area contributed by atoms with Gasteiger partial charge in [0.05, 0.1) is 31.1 Å². The first kappa shape index (κ1) is 22.4. The normalized spacial score (nSPS) is 10.5. The van der Waals surface area contributed by atoms with Crippen molar-refractivity contribution >= 4 is 29.1 Å². The Labute approximate surface area is 186 Å². The molecule has 0 aliphatic rings. The number of benzene rings is 2. The molecule has 0 bridgehead atoms. The smallest absolute Gasteiger partial charge is 0.257 e. The predicted octanol–water partition coefficient (Wildman–Crippen LogP) is 4.08. The number of hydrogen-bond donors (Lipinski definition) is 1. The van der Waals surface area contributed by atoms with Crippen molar-refractivity contribution in [1.29, 1.82) is 0 Å². The Morgan fingerprint density at radius 3 is 2.65 bits per heavy atom. The molecule has 0 unspecified atom stereocenters. The summed E-state index contributed by atoms with van der Waals surface area (Å²) in [5.41, 5.74) is 1.89. The SMILES string of the molecule is CCCN(CC(=O)Nc1ccccc1OC)C(=O)c1cnn(Cc2ccccc2Cl)c1. The van der Waals surface area contributed by atoms with Crippen LogP contribution in [-0.4, -0.2) is 46.7 Å². The van der Waals surface area contributed by atoms with Crippen LogP contribution in [0.15, 0.2) is 60.9 Å². The van der Waals surface area contributed by atoms with Crippen molar-refractivity contribution in [3.8, 4) is 5.75 Å². The fourth-order valence-electron chi connectivity index (χ4n) is 3.18. The van der Waals surface area contributed by atoms with E-state index >= 15 is 0 Å². The van der Waals surface area contributed by atoms with Crippen molar-refractivity contribution in [2.75, 3.05) is 25.5 Å². The Morgan fingerprint density at radius 2 is 1.90 bits per heavy atom. The standard InChI is InChI=1S/C23H25ClN4O3/c1-3-12-27(16-22(29)26-20-10-6-7-11-21(20)31-2)23(30)18-13-25-28(15-18)14-17-8-4-5-9-19(17)24/h4-11,13,15H,3,12,14,16H2,1-2H3,(H,26,29). The number of halogens is 1. The first-order valence-electron chi connectivity index (χ1n) is 9.99. The number of amides is 2. The van der Waals surface area contributed by atoms with Gasteiger partial charge in [-0.25, -0.2) is 0 Å². The molecular weight excluding hydrogens is 416 g/mol. The van der Waals surface area contributed by atoms with Crippen LogP contribution in [0.2, 0.25) is 5.02 Å². The van der Waals surface area contributed by atoms with Crippen LogP contribution in [-0.2, 0) is 11.3 Å². The number of nitrogens with zero attached hydrogens (tertiary/aromatic N) is 3. The quantitative estimate of drug-likeness (QED) is 0.543. The van der Waals surface area contributed by atoms with Crippen LogP contribution in [0.3, 0.4) is 0 Å². The highest BCUT2D eigenvalue weighted by Crippen LogP contribution is 2.23. The van der Waals surface area contributed by atoms with Crippen molar-refractivity contribution in [1.82, 2.24) is 14.7 Å². The molecule has 0 aliphatic carbocycles. The van der Waals surface area contributed by atoms with E-state index < -0.39 is 0 Å². The Kier molecular flexibility index (Phi) is 7.67. The molecule has 0 saturated carbocycles. The van der Waals surface area contributed by atoms with Gasteiger partial charge in [-0.1, -0.05) is 48.9 Å². The summed E-state index contributed by atoms with van der Waals surface area (Å²) >= 11 is 6.21. The molecule has 3 rings (SSSR count). The van der Waals surface area contributed by atoms with Gasteiger partial charge in [0.15, 0.2) is 0 Å². The third-order valence-corrected chi connectivity index (χ3v) is 5.04. The van der Waals surface area contributed by atoms with Gasteiger partial charge in [0, 0.05) is 17.8 Å². The van der Waals surface area contributed by atoms with Gasteiger partial charge >= 0.3 is 0 Å². The number of para-hydroxylation sites is 2. The monoisotopic (exact) mass is 440 g/mol. The zero-order chi connectivity index (χ0) is 22.2. The van der Waals surface area contributed by atoms with E-state index in [0.29, 0.717) is 35.1 Å². The van der Waals surface area contributed by atoms with Crippen molar-refractivity contribution in [2.45, 2.75) is 19.9 Å². The summed E-state index contributed by atoms with van der Waals surface area (Å²) < 4.78 is 6.92. The number of hydrogen-bond acceptors (Lipinski definition) is 4. The van der Waals surface area contributed by atoms with Gasteiger partial charge in [0.25, 0.3) is 5.91 Å². The lowest BCUT2D eigenvalue weighted by molar-refractivity contribution is -0.116. The van der Waals surface area contributed by atoms with Crippen LogP contribution < -0.4 is 10.1 Å². The zero-order valence-electron chi connectivity index (χ0n) is 17.5. The van der Waals surface area contributed by atoms with Crippen molar-refractivity contribution < 1.29 is 14.3 Å². The van der Waals surface area contributed by atoms with Gasteiger partial charge in [0.1, 0.15) is 12.3 Å². The molecule has 31 heavy (non-hydrogen) atoms. The van der Waals surface area contributed by atoms with Crippen molar-refractivity contribution in [3.05, 3.63) is 77.1 Å². The van der Waals surface area contributed by atoms with Gasteiger partial charge < -0.3 is 15.0 Å². The van der Waals surface area contributed by atoms with E-state index in [-0.39, 0.29) is 18.4 Å². The summed E-state index contributed by atoms with van der Waals surface area (Å²) in [5, 5.41) is 7.73. The number of carbonyl (C=O) groups excluding carboxylic acids is 2. The van der Waals surface area contributed by atoms with Crippen LogP contribution in [0.1, 0.15) is 29.3 Å². The maximum absolute atomic E-state index is 13.0. The maximum atomic E-state index is 13.0. The average Bonchev–Trinajstić information content (AvgIpc) is 3.23. The molecule has 0 fully saturated rings. The minimum atomic E-state index is -0.297. The van der Waals surface area contributed by atoms with E-state index in [2.05, 4.69) is 10.4 Å². The van der Waals surface area contributed by atoms with Crippen LogP contribution in [0.4, 0.5) is 5.69 Å². The molecular formula is C23H25ClN4O3. The summed E-state index contributed by atoms with van der Waals surface area (Å²) in [6.45, 7) is 2.79. The molecule has 0 atom stereocenters. The van der Waals surface area contributed by atoms with E-state index in [9.17, 15) is 9.59 Å². The van der Waals surface area contributed by atoms with Gasteiger partial charge in [0.2, 0.25) is 5.91 Å². The van der Waals surface area contributed by atoms with E-state index in [0.717, 1.165) is 12.0 Å². The second-order valence-corrected chi connectivity index (χ2v) is 7.40. The van der Waals surface area contributed by atoms with Crippen LogP contribution in [0.5, 0.6) is 5.75 Å². The second kappa shape index (κ2) is 10.6. The van der Waals surface area contributed by atoms with Gasteiger partial charge in [-0.2, -0.15) is 5.10 Å². The first-order valence-corrected chi connectivity index (χ1v) is 10.4. The summed E-state index contributed by atoms with van der Waals surface area (Å²) in [4.78, 5) is 27.1. The highest BCUT2D eigenvalue weighted by Gasteiger charge is 2.20. The number of anilines is 1. The van der Waals surface area contributed by atoms with E-state index in [1.165, 1.54) is 18.2 Å². The van der Waals surface area contributed by atoms with E-state index in [4.69, 9.17) is 16.3 Å². The molecule has 0 saturated heterocycles. The molecule has 0 spiro atoms. The van der Waals surface area contributed by atoms with Crippen LogP contribution >= 0.6 is 11.6 Å². The summed E-state index contributed by atoms with van der Waals surface area (Å²) in [5.74, 6) is 0.0160. The Bertz CT molecular complexity index is 1050. The van der Waals surface area contributed by atoms with E-state index in [1.807, 2.05) is 37.3 Å². The lowest BCUT2D eigenvalue weighted by atomic mass is 10.2. The van der Waals surface area contributed by atoms with Crippen LogP contribution in [0, 0.1) is 0 Å². The molecule has 0 radical (unpaired) electrons. The third-order valence-electron chi connectivity index (χ3n) is 4.67. The Hall–Kier alpha value is -3.32. The number of methoxy groups -OCH3 is 1. The minimum Gasteiger partial charge on any atom is -0.495 e. The third kappa shape index (κ3) is 5.86. The molecule has 162 valence electrons. The highest BCUT2D eigenvalue weighted by atomic mass is 35.5. The molecule has 8 heteroatoms. The van der Waals surface area contributed by atoms with Crippen molar-refractivity contribution in [2.24, 2.45) is 0 Å². The number of ether oxygens (including phenoxy) is 1. The molecule has 3 aromatic rings. The molecule has 1 aromatic heterocycles. The fourth-order valence-corrected chi connectivity index (χ4v) is 3.37.